The first kappa shape index (κ1) is 13.9. The van der Waals surface area contributed by atoms with E-state index < -0.39 is 0 Å². The van der Waals surface area contributed by atoms with Crippen LogP contribution in [0.3, 0.4) is 0 Å². The van der Waals surface area contributed by atoms with Crippen molar-refractivity contribution in [1.29, 1.82) is 0 Å². The lowest BCUT2D eigenvalue weighted by Crippen LogP contribution is -2.35. The lowest BCUT2D eigenvalue weighted by molar-refractivity contribution is 0.424. The number of nitrogens with zero attached hydrogens (tertiary/aromatic N) is 2. The lowest BCUT2D eigenvalue weighted by Gasteiger charge is -2.21. The molecule has 0 aliphatic rings. The normalized spacial score (nSPS) is 11.9. The predicted molar refractivity (Wildman–Crippen MR) is 72.0 cm³/mol. The molecule has 0 aliphatic heterocycles. The summed E-state index contributed by atoms with van der Waals surface area (Å²) in [5, 5.41) is 6.80. The molecule has 0 saturated heterocycles. The summed E-state index contributed by atoms with van der Waals surface area (Å²) in [6.45, 7) is 12.5. The monoisotopic (exact) mass is 236 g/mol. The van der Waals surface area contributed by atoms with Crippen molar-refractivity contribution >= 4 is 5.82 Å². The van der Waals surface area contributed by atoms with E-state index in [0.717, 1.165) is 24.5 Å². The summed E-state index contributed by atoms with van der Waals surface area (Å²) >= 11 is 0. The molecule has 0 bridgehead atoms. The highest BCUT2D eigenvalue weighted by Gasteiger charge is 2.11. The Morgan fingerprint density at radius 3 is 2.59 bits per heavy atom. The van der Waals surface area contributed by atoms with Crippen LogP contribution in [-0.4, -0.2) is 22.1 Å². The van der Waals surface area contributed by atoms with Crippen molar-refractivity contribution in [1.82, 2.24) is 15.3 Å². The third-order valence-electron chi connectivity index (χ3n) is 2.27. The summed E-state index contributed by atoms with van der Waals surface area (Å²) in [6.07, 6.45) is 3.46. The van der Waals surface area contributed by atoms with Gasteiger partial charge < -0.3 is 10.6 Å². The molecule has 1 heterocycles. The molecule has 0 atom stereocenters. The Kier molecular flexibility index (Phi) is 4.87. The van der Waals surface area contributed by atoms with Crippen molar-refractivity contribution in [2.75, 3.05) is 11.9 Å². The van der Waals surface area contributed by atoms with E-state index in [-0.39, 0.29) is 5.54 Å². The van der Waals surface area contributed by atoms with Crippen LogP contribution in [0.5, 0.6) is 0 Å². The first-order chi connectivity index (χ1) is 7.88. The minimum atomic E-state index is 0.102. The van der Waals surface area contributed by atoms with Gasteiger partial charge in [-0.2, -0.15) is 0 Å². The van der Waals surface area contributed by atoms with E-state index in [9.17, 15) is 0 Å². The fourth-order valence-corrected chi connectivity index (χ4v) is 1.31. The molecule has 0 fully saturated rings. The first-order valence-electron chi connectivity index (χ1n) is 6.16. The molecular formula is C13H24N4. The van der Waals surface area contributed by atoms with Crippen molar-refractivity contribution in [3.8, 4) is 0 Å². The molecule has 17 heavy (non-hydrogen) atoms. The van der Waals surface area contributed by atoms with Gasteiger partial charge in [0, 0.05) is 30.4 Å². The molecule has 1 rings (SSSR count). The van der Waals surface area contributed by atoms with Crippen LogP contribution in [-0.2, 0) is 6.54 Å². The van der Waals surface area contributed by atoms with Crippen LogP contribution in [0.15, 0.2) is 12.5 Å². The van der Waals surface area contributed by atoms with Gasteiger partial charge in [0.25, 0.3) is 0 Å². The molecular weight excluding hydrogens is 212 g/mol. The van der Waals surface area contributed by atoms with Crippen LogP contribution in [0.1, 0.15) is 40.2 Å². The zero-order valence-electron chi connectivity index (χ0n) is 11.5. The Bertz CT molecular complexity index is 342. The summed E-state index contributed by atoms with van der Waals surface area (Å²) in [4.78, 5) is 8.37. The Morgan fingerprint density at radius 2 is 2.00 bits per heavy atom. The van der Waals surface area contributed by atoms with Gasteiger partial charge in [0.15, 0.2) is 0 Å². The van der Waals surface area contributed by atoms with Crippen LogP contribution in [0.2, 0.25) is 0 Å². The minimum Gasteiger partial charge on any atom is -0.369 e. The Hall–Kier alpha value is -1.16. The fourth-order valence-electron chi connectivity index (χ4n) is 1.31. The minimum absolute atomic E-state index is 0.102. The van der Waals surface area contributed by atoms with Crippen molar-refractivity contribution in [2.24, 2.45) is 5.92 Å². The second-order valence-corrected chi connectivity index (χ2v) is 5.77. The molecule has 0 aromatic carbocycles. The van der Waals surface area contributed by atoms with E-state index in [1.165, 1.54) is 0 Å². The number of aromatic nitrogens is 2. The van der Waals surface area contributed by atoms with Crippen LogP contribution in [0, 0.1) is 5.92 Å². The highest BCUT2D eigenvalue weighted by molar-refractivity contribution is 5.42. The molecule has 0 amide bonds. The van der Waals surface area contributed by atoms with E-state index in [1.54, 1.807) is 6.33 Å². The Morgan fingerprint density at radius 1 is 1.29 bits per heavy atom. The van der Waals surface area contributed by atoms with E-state index in [0.29, 0.717) is 5.92 Å². The van der Waals surface area contributed by atoms with Gasteiger partial charge in [-0.25, -0.2) is 9.97 Å². The first-order valence-corrected chi connectivity index (χ1v) is 6.16. The number of hydrogen-bond acceptors (Lipinski definition) is 4. The maximum Gasteiger partial charge on any atom is 0.133 e. The maximum absolute atomic E-state index is 4.29. The molecule has 0 spiro atoms. The smallest absolute Gasteiger partial charge is 0.133 e. The topological polar surface area (TPSA) is 49.8 Å². The van der Waals surface area contributed by atoms with Gasteiger partial charge in [-0.15, -0.1) is 0 Å². The van der Waals surface area contributed by atoms with Crippen molar-refractivity contribution in [3.63, 3.8) is 0 Å². The molecule has 0 radical (unpaired) electrons. The van der Waals surface area contributed by atoms with E-state index >= 15 is 0 Å². The van der Waals surface area contributed by atoms with E-state index in [2.05, 4.69) is 55.2 Å². The van der Waals surface area contributed by atoms with Crippen LogP contribution in [0.4, 0.5) is 5.82 Å². The Balaban J connectivity index is 2.64. The van der Waals surface area contributed by atoms with Gasteiger partial charge in [-0.05, 0) is 26.7 Å². The van der Waals surface area contributed by atoms with Crippen molar-refractivity contribution < 1.29 is 0 Å². The van der Waals surface area contributed by atoms with Crippen molar-refractivity contribution in [2.45, 2.75) is 46.7 Å². The third kappa shape index (κ3) is 5.63. The zero-order chi connectivity index (χ0) is 12.9. The van der Waals surface area contributed by atoms with Crippen LogP contribution < -0.4 is 10.6 Å². The summed E-state index contributed by atoms with van der Waals surface area (Å²) in [5.41, 5.74) is 1.22. The van der Waals surface area contributed by atoms with Gasteiger partial charge in [0.2, 0.25) is 0 Å². The largest absolute Gasteiger partial charge is 0.369 e. The Labute approximate surface area is 104 Å². The summed E-state index contributed by atoms with van der Waals surface area (Å²) < 4.78 is 0. The lowest BCUT2D eigenvalue weighted by atomic mass is 10.1. The average Bonchev–Trinajstić information content (AvgIpc) is 2.23. The van der Waals surface area contributed by atoms with Gasteiger partial charge in [0.05, 0.1) is 0 Å². The van der Waals surface area contributed by atoms with E-state index in [4.69, 9.17) is 0 Å². The summed E-state index contributed by atoms with van der Waals surface area (Å²) in [6, 6.07) is 0. The highest BCUT2D eigenvalue weighted by Crippen LogP contribution is 2.12. The second kappa shape index (κ2) is 5.96. The van der Waals surface area contributed by atoms with Gasteiger partial charge in [-0.1, -0.05) is 13.8 Å². The summed E-state index contributed by atoms with van der Waals surface area (Å²) in [5.74, 6) is 1.54. The number of nitrogens with one attached hydrogen (secondary N) is 2. The van der Waals surface area contributed by atoms with Crippen molar-refractivity contribution in [3.05, 3.63) is 18.1 Å². The zero-order valence-corrected chi connectivity index (χ0v) is 11.5. The van der Waals surface area contributed by atoms with Gasteiger partial charge in [0.1, 0.15) is 12.1 Å². The maximum atomic E-state index is 4.29. The van der Waals surface area contributed by atoms with Gasteiger partial charge in [-0.3, -0.25) is 0 Å². The SMILES string of the molecule is CC(C)CNc1ncncc1CNC(C)(C)C. The molecule has 0 unspecified atom stereocenters. The highest BCUT2D eigenvalue weighted by atomic mass is 15.0. The fraction of sp³-hybridized carbons (Fsp3) is 0.692. The molecule has 0 saturated carbocycles. The molecule has 4 nitrogen and oxygen atoms in total. The number of hydrogen-bond donors (Lipinski definition) is 2. The molecule has 1 aromatic rings. The predicted octanol–water partition coefficient (Wildman–Crippen LogP) is 2.43. The van der Waals surface area contributed by atoms with E-state index in [1.807, 2.05) is 6.20 Å². The molecule has 4 heteroatoms. The quantitative estimate of drug-likeness (QED) is 0.824. The van der Waals surface area contributed by atoms with Crippen LogP contribution in [0.25, 0.3) is 0 Å². The third-order valence-corrected chi connectivity index (χ3v) is 2.27. The second-order valence-electron chi connectivity index (χ2n) is 5.77. The number of rotatable bonds is 5. The molecule has 1 aromatic heterocycles. The standard InChI is InChI=1S/C13H24N4/c1-10(2)6-15-12-11(7-14-9-16-12)8-17-13(3,4)5/h7,9-10,17H,6,8H2,1-5H3,(H,14,15,16). The molecule has 0 aliphatic carbocycles. The molecule has 96 valence electrons. The van der Waals surface area contributed by atoms with Crippen LogP contribution >= 0.6 is 0 Å². The molecule has 2 N–H and O–H groups in total. The number of anilines is 1. The average molecular weight is 236 g/mol. The van der Waals surface area contributed by atoms with Gasteiger partial charge >= 0.3 is 0 Å². The summed E-state index contributed by atoms with van der Waals surface area (Å²) in [7, 11) is 0.